The molecule has 1 aromatic carbocycles. The lowest BCUT2D eigenvalue weighted by molar-refractivity contribution is -0.121. The van der Waals surface area contributed by atoms with Crippen molar-refractivity contribution in [1.82, 2.24) is 19.2 Å². The highest BCUT2D eigenvalue weighted by Crippen LogP contribution is 2.27. The number of hydrogen-bond acceptors (Lipinski definition) is 5. The smallest absolute Gasteiger partial charge is 0.252 e. The number of carbonyl (C=O) groups is 1. The molecule has 29 heavy (non-hydrogen) atoms. The molecule has 0 aliphatic rings. The lowest BCUT2D eigenvalue weighted by Gasteiger charge is -2.16. The minimum Gasteiger partial charge on any atom is -0.351 e. The first-order valence-electron chi connectivity index (χ1n) is 8.45. The Labute approximate surface area is 176 Å². The fourth-order valence-electron chi connectivity index (χ4n) is 2.62. The highest BCUT2D eigenvalue weighted by atomic mass is 35.5. The molecule has 1 N–H and O–H groups in total. The molecule has 11 heteroatoms. The van der Waals surface area contributed by atoms with Crippen molar-refractivity contribution in [2.45, 2.75) is 17.7 Å². The third-order valence-corrected chi connectivity index (χ3v) is 7.67. The normalized spacial score (nSPS) is 11.8. The van der Waals surface area contributed by atoms with Gasteiger partial charge in [-0.3, -0.25) is 4.79 Å². The van der Waals surface area contributed by atoms with E-state index in [4.69, 9.17) is 11.6 Å². The van der Waals surface area contributed by atoms with Gasteiger partial charge < -0.3 is 9.88 Å². The molecular weight excluding hydrogens is 439 g/mol. The van der Waals surface area contributed by atoms with Crippen LogP contribution >= 0.6 is 22.9 Å². The molecule has 0 spiro atoms. The molecule has 2 aromatic heterocycles. The fraction of sp³-hybridized carbons (Fsp3) is 0.222. The van der Waals surface area contributed by atoms with Crippen LogP contribution in [0.15, 0.2) is 46.9 Å². The number of sulfonamides is 1. The minimum atomic E-state index is -3.80. The molecular formula is C18H18ClFN4O3S2. The quantitative estimate of drug-likeness (QED) is 0.592. The predicted molar refractivity (Wildman–Crippen MR) is 109 cm³/mol. The second-order valence-corrected chi connectivity index (χ2v) is 10.2. The van der Waals surface area contributed by atoms with Gasteiger partial charge in [-0.15, -0.1) is 11.3 Å². The van der Waals surface area contributed by atoms with E-state index in [2.05, 4.69) is 10.3 Å². The molecule has 0 fully saturated rings. The third kappa shape index (κ3) is 4.84. The van der Waals surface area contributed by atoms with Crippen molar-refractivity contribution >= 4 is 38.9 Å². The van der Waals surface area contributed by atoms with Crippen LogP contribution in [0, 0.1) is 12.7 Å². The van der Waals surface area contributed by atoms with E-state index in [0.717, 1.165) is 15.6 Å². The number of hydrogen-bond donors (Lipinski definition) is 1. The largest absolute Gasteiger partial charge is 0.351 e. The maximum absolute atomic E-state index is 14.4. The Kier molecular flexibility index (Phi) is 6.37. The van der Waals surface area contributed by atoms with Crippen molar-refractivity contribution in [3.8, 4) is 5.69 Å². The Morgan fingerprint density at radius 2 is 2.10 bits per heavy atom. The van der Waals surface area contributed by atoms with Crippen molar-refractivity contribution in [3.63, 3.8) is 0 Å². The van der Waals surface area contributed by atoms with E-state index in [1.165, 1.54) is 25.2 Å². The molecule has 0 saturated carbocycles. The maximum Gasteiger partial charge on any atom is 0.252 e. The summed E-state index contributed by atoms with van der Waals surface area (Å²) in [6, 6.07) is 7.48. The number of aryl methyl sites for hydroxylation is 1. The minimum absolute atomic E-state index is 0.0604. The first-order valence-corrected chi connectivity index (χ1v) is 11.1. The predicted octanol–water partition coefficient (Wildman–Crippen LogP) is 2.97. The standard InChI is InChI=1S/C18H18ClFN4O3S2/c1-12-21-7-8-24(12)15-4-3-13(9-14(15)20)10-22-17(25)11-23(2)29(26,27)18-6-5-16(19)28-18/h3-9H,10-11H2,1-2H3,(H,22,25). The number of rotatable bonds is 7. The van der Waals surface area contributed by atoms with E-state index in [1.54, 1.807) is 36.0 Å². The number of benzene rings is 1. The molecule has 2 heterocycles. The van der Waals surface area contributed by atoms with Gasteiger partial charge in [-0.2, -0.15) is 4.31 Å². The zero-order chi connectivity index (χ0) is 21.2. The maximum atomic E-state index is 14.4. The van der Waals surface area contributed by atoms with Gasteiger partial charge in [0.2, 0.25) is 5.91 Å². The first-order chi connectivity index (χ1) is 13.7. The molecule has 154 valence electrons. The van der Waals surface area contributed by atoms with Gasteiger partial charge in [-0.1, -0.05) is 17.7 Å². The summed E-state index contributed by atoms with van der Waals surface area (Å²) >= 11 is 6.70. The fourth-order valence-corrected chi connectivity index (χ4v) is 5.44. The summed E-state index contributed by atoms with van der Waals surface area (Å²) in [5.74, 6) is -0.304. The number of aromatic nitrogens is 2. The van der Waals surface area contributed by atoms with E-state index >= 15 is 0 Å². The molecule has 7 nitrogen and oxygen atoms in total. The summed E-state index contributed by atoms with van der Waals surface area (Å²) in [6.45, 7) is 1.46. The molecule has 0 saturated heterocycles. The van der Waals surface area contributed by atoms with Gasteiger partial charge in [0.25, 0.3) is 10.0 Å². The highest BCUT2D eigenvalue weighted by Gasteiger charge is 2.24. The third-order valence-electron chi connectivity index (χ3n) is 4.17. The number of likely N-dealkylation sites (N-methyl/N-ethyl adjacent to an activating group) is 1. The Bertz CT molecular complexity index is 1140. The van der Waals surface area contributed by atoms with Crippen LogP contribution in [0.4, 0.5) is 4.39 Å². The summed E-state index contributed by atoms with van der Waals surface area (Å²) < 4.78 is 42.2. The number of amides is 1. The van der Waals surface area contributed by atoms with Gasteiger partial charge in [-0.25, -0.2) is 17.8 Å². The Morgan fingerprint density at radius 1 is 1.34 bits per heavy atom. The van der Waals surface area contributed by atoms with Crippen LogP contribution in [-0.4, -0.2) is 41.8 Å². The van der Waals surface area contributed by atoms with Crippen LogP contribution in [0.5, 0.6) is 0 Å². The van der Waals surface area contributed by atoms with E-state index in [9.17, 15) is 17.6 Å². The van der Waals surface area contributed by atoms with Gasteiger partial charge in [0, 0.05) is 26.0 Å². The molecule has 3 aromatic rings. The van der Waals surface area contributed by atoms with Crippen LogP contribution in [0.25, 0.3) is 5.69 Å². The summed E-state index contributed by atoms with van der Waals surface area (Å²) in [5.41, 5.74) is 0.906. The monoisotopic (exact) mass is 456 g/mol. The number of imidazole rings is 1. The molecule has 0 radical (unpaired) electrons. The number of halogens is 2. The van der Waals surface area contributed by atoms with Gasteiger partial charge in [0.1, 0.15) is 15.9 Å². The summed E-state index contributed by atoms with van der Waals surface area (Å²) in [6.07, 6.45) is 3.24. The molecule has 0 aliphatic carbocycles. The average molecular weight is 457 g/mol. The van der Waals surface area contributed by atoms with Crippen LogP contribution in [-0.2, 0) is 21.4 Å². The lowest BCUT2D eigenvalue weighted by Crippen LogP contribution is -2.37. The van der Waals surface area contributed by atoms with Gasteiger partial charge in [0.05, 0.1) is 16.6 Å². The zero-order valence-corrected chi connectivity index (χ0v) is 18.0. The average Bonchev–Trinajstić information content (AvgIpc) is 3.29. The van der Waals surface area contributed by atoms with Crippen LogP contribution in [0.3, 0.4) is 0 Å². The number of thiophene rings is 1. The second kappa shape index (κ2) is 8.62. The van der Waals surface area contributed by atoms with Crippen molar-refractivity contribution in [2.24, 2.45) is 0 Å². The van der Waals surface area contributed by atoms with Gasteiger partial charge >= 0.3 is 0 Å². The molecule has 0 aliphatic heterocycles. The zero-order valence-electron chi connectivity index (χ0n) is 15.6. The van der Waals surface area contributed by atoms with Crippen LogP contribution in [0.1, 0.15) is 11.4 Å². The second-order valence-electron chi connectivity index (χ2n) is 6.23. The number of carbonyl (C=O) groups excluding carboxylic acids is 1. The summed E-state index contributed by atoms with van der Waals surface area (Å²) in [7, 11) is -2.49. The van der Waals surface area contributed by atoms with Gasteiger partial charge in [0.15, 0.2) is 0 Å². The molecule has 0 atom stereocenters. The van der Waals surface area contributed by atoms with E-state index in [0.29, 0.717) is 21.4 Å². The summed E-state index contributed by atoms with van der Waals surface area (Å²) in [4.78, 5) is 16.2. The highest BCUT2D eigenvalue weighted by molar-refractivity contribution is 7.91. The van der Waals surface area contributed by atoms with Crippen molar-refractivity contribution in [1.29, 1.82) is 0 Å². The molecule has 0 unspecified atom stereocenters. The summed E-state index contributed by atoms with van der Waals surface area (Å²) in [5, 5.41) is 2.60. The molecule has 3 rings (SSSR count). The number of nitrogens with zero attached hydrogens (tertiary/aromatic N) is 3. The first kappa shape index (κ1) is 21.4. The van der Waals surface area contributed by atoms with Crippen molar-refractivity contribution < 1.29 is 17.6 Å². The van der Waals surface area contributed by atoms with E-state index in [1.807, 2.05) is 0 Å². The van der Waals surface area contributed by atoms with Gasteiger partial charge in [-0.05, 0) is 36.8 Å². The van der Waals surface area contributed by atoms with Crippen LogP contribution in [0.2, 0.25) is 4.34 Å². The van der Waals surface area contributed by atoms with Crippen molar-refractivity contribution in [3.05, 3.63) is 64.3 Å². The Balaban J connectivity index is 1.61. The van der Waals surface area contributed by atoms with E-state index < -0.39 is 21.7 Å². The van der Waals surface area contributed by atoms with Crippen molar-refractivity contribution in [2.75, 3.05) is 13.6 Å². The SMILES string of the molecule is Cc1nccn1-c1ccc(CNC(=O)CN(C)S(=O)(=O)c2ccc(Cl)s2)cc1F. The van der Waals surface area contributed by atoms with E-state index in [-0.39, 0.29) is 17.3 Å². The lowest BCUT2D eigenvalue weighted by atomic mass is 10.2. The van der Waals surface area contributed by atoms with Crippen LogP contribution < -0.4 is 5.32 Å². The number of nitrogens with one attached hydrogen (secondary N) is 1. The molecule has 0 bridgehead atoms. The Morgan fingerprint density at radius 3 is 2.69 bits per heavy atom. The molecule has 1 amide bonds. The topological polar surface area (TPSA) is 84.3 Å². The Hall–Kier alpha value is -2.27.